The molecule has 20 heavy (non-hydrogen) atoms. The van der Waals surface area contributed by atoms with Gasteiger partial charge in [0.05, 0.1) is 11.8 Å². The van der Waals surface area contributed by atoms with Crippen molar-refractivity contribution in [1.29, 1.82) is 0 Å². The Balaban J connectivity index is 2.28. The quantitative estimate of drug-likeness (QED) is 0.841. The number of carbonyl (C=O) groups excluding carboxylic acids is 1. The van der Waals surface area contributed by atoms with Gasteiger partial charge in [-0.2, -0.15) is 0 Å². The predicted octanol–water partition coefficient (Wildman–Crippen LogP) is 2.12. The molecule has 104 valence electrons. The average Bonchev–Trinajstić information content (AvgIpc) is 2.41. The molecule has 5 nitrogen and oxygen atoms in total. The minimum atomic E-state index is -0.457. The summed E-state index contributed by atoms with van der Waals surface area (Å²) >= 11 is 0. The van der Waals surface area contributed by atoms with Crippen LogP contribution < -0.4 is 16.0 Å². The van der Waals surface area contributed by atoms with Crippen molar-refractivity contribution in [1.82, 2.24) is 4.98 Å². The molecular formula is C14H15FN4O. The third kappa shape index (κ3) is 3.03. The molecule has 0 fully saturated rings. The zero-order valence-corrected chi connectivity index (χ0v) is 11.2. The van der Waals surface area contributed by atoms with Gasteiger partial charge in [-0.1, -0.05) is 0 Å². The summed E-state index contributed by atoms with van der Waals surface area (Å²) in [7, 11) is 3.66. The molecule has 1 aromatic heterocycles. The van der Waals surface area contributed by atoms with E-state index in [1.54, 1.807) is 18.2 Å². The third-order valence-corrected chi connectivity index (χ3v) is 2.72. The monoisotopic (exact) mass is 274 g/mol. The zero-order chi connectivity index (χ0) is 14.7. The smallest absolute Gasteiger partial charge is 0.258 e. The number of benzene rings is 1. The molecule has 1 amide bonds. The Morgan fingerprint density at radius 2 is 2.05 bits per heavy atom. The molecule has 0 aliphatic carbocycles. The lowest BCUT2D eigenvalue weighted by Crippen LogP contribution is -2.19. The van der Waals surface area contributed by atoms with Crippen LogP contribution in [0.3, 0.4) is 0 Å². The highest BCUT2D eigenvalue weighted by Crippen LogP contribution is 2.22. The Hall–Kier alpha value is -2.63. The Bertz CT molecular complexity index is 626. The molecule has 1 heterocycles. The first-order chi connectivity index (χ1) is 9.47. The SMILES string of the molecule is CN(C)c1ccc(N)cc1C(=O)Nc1ccc(F)cn1. The van der Waals surface area contributed by atoms with Crippen molar-refractivity contribution in [3.8, 4) is 0 Å². The number of halogens is 1. The molecule has 0 bridgehead atoms. The normalized spacial score (nSPS) is 10.2. The maximum atomic E-state index is 12.8. The van der Waals surface area contributed by atoms with E-state index >= 15 is 0 Å². The molecule has 1 aromatic carbocycles. The van der Waals surface area contributed by atoms with E-state index in [1.165, 1.54) is 12.1 Å². The van der Waals surface area contributed by atoms with E-state index in [0.29, 0.717) is 11.3 Å². The summed E-state index contributed by atoms with van der Waals surface area (Å²) in [6.45, 7) is 0. The van der Waals surface area contributed by atoms with Gasteiger partial charge in [0.2, 0.25) is 0 Å². The van der Waals surface area contributed by atoms with Crippen molar-refractivity contribution in [2.24, 2.45) is 0 Å². The summed E-state index contributed by atoms with van der Waals surface area (Å²) in [4.78, 5) is 17.9. The Morgan fingerprint density at radius 3 is 2.65 bits per heavy atom. The molecule has 6 heteroatoms. The number of nitrogens with zero attached hydrogens (tertiary/aromatic N) is 2. The first-order valence-corrected chi connectivity index (χ1v) is 5.97. The summed E-state index contributed by atoms with van der Waals surface area (Å²) in [6, 6.07) is 7.71. The minimum absolute atomic E-state index is 0.281. The van der Waals surface area contributed by atoms with E-state index in [-0.39, 0.29) is 11.7 Å². The topological polar surface area (TPSA) is 71.2 Å². The summed E-state index contributed by atoms with van der Waals surface area (Å²) in [6.07, 6.45) is 1.04. The standard InChI is InChI=1S/C14H15FN4O/c1-19(2)12-5-4-10(16)7-11(12)14(20)18-13-6-3-9(15)8-17-13/h3-8H,16H2,1-2H3,(H,17,18,20). The number of hydrogen-bond donors (Lipinski definition) is 2. The molecule has 0 spiro atoms. The van der Waals surface area contributed by atoms with Crippen LogP contribution in [-0.2, 0) is 0 Å². The molecule has 2 rings (SSSR count). The van der Waals surface area contributed by atoms with Gasteiger partial charge in [0.1, 0.15) is 11.6 Å². The highest BCUT2D eigenvalue weighted by molar-refractivity contribution is 6.08. The number of pyridine rings is 1. The molecular weight excluding hydrogens is 259 g/mol. The van der Waals surface area contributed by atoms with E-state index in [2.05, 4.69) is 10.3 Å². The zero-order valence-electron chi connectivity index (χ0n) is 11.2. The van der Waals surface area contributed by atoms with E-state index in [1.807, 2.05) is 19.0 Å². The highest BCUT2D eigenvalue weighted by atomic mass is 19.1. The van der Waals surface area contributed by atoms with Crippen molar-refractivity contribution in [3.05, 3.63) is 47.9 Å². The second kappa shape index (κ2) is 5.56. The van der Waals surface area contributed by atoms with Crippen LogP contribution in [-0.4, -0.2) is 25.0 Å². The second-order valence-electron chi connectivity index (χ2n) is 4.49. The number of nitrogen functional groups attached to an aromatic ring is 1. The number of aromatic nitrogens is 1. The van der Waals surface area contributed by atoms with Gasteiger partial charge in [-0.15, -0.1) is 0 Å². The van der Waals surface area contributed by atoms with E-state index in [4.69, 9.17) is 5.73 Å². The highest BCUT2D eigenvalue weighted by Gasteiger charge is 2.14. The summed E-state index contributed by atoms with van der Waals surface area (Å²) in [5.74, 6) is -0.524. The Morgan fingerprint density at radius 1 is 1.30 bits per heavy atom. The van der Waals surface area contributed by atoms with E-state index < -0.39 is 5.82 Å². The van der Waals surface area contributed by atoms with Gasteiger partial charge in [-0.3, -0.25) is 4.79 Å². The van der Waals surface area contributed by atoms with Crippen molar-refractivity contribution in [2.75, 3.05) is 30.0 Å². The second-order valence-corrected chi connectivity index (χ2v) is 4.49. The average molecular weight is 274 g/mol. The van der Waals surface area contributed by atoms with Crippen molar-refractivity contribution >= 4 is 23.1 Å². The fraction of sp³-hybridized carbons (Fsp3) is 0.143. The van der Waals surface area contributed by atoms with Crippen LogP contribution in [0.1, 0.15) is 10.4 Å². The lowest BCUT2D eigenvalue weighted by atomic mass is 10.1. The number of carbonyl (C=O) groups is 1. The van der Waals surface area contributed by atoms with Crippen LogP contribution in [0.4, 0.5) is 21.6 Å². The number of nitrogens with one attached hydrogen (secondary N) is 1. The third-order valence-electron chi connectivity index (χ3n) is 2.72. The molecule has 0 unspecified atom stereocenters. The first-order valence-electron chi connectivity index (χ1n) is 5.97. The van der Waals surface area contributed by atoms with Crippen molar-refractivity contribution < 1.29 is 9.18 Å². The predicted molar refractivity (Wildman–Crippen MR) is 77.3 cm³/mol. The number of rotatable bonds is 3. The number of anilines is 3. The maximum Gasteiger partial charge on any atom is 0.258 e. The van der Waals surface area contributed by atoms with Crippen molar-refractivity contribution in [2.45, 2.75) is 0 Å². The van der Waals surface area contributed by atoms with E-state index in [9.17, 15) is 9.18 Å². The molecule has 0 saturated heterocycles. The maximum absolute atomic E-state index is 12.8. The molecule has 0 aliphatic rings. The summed E-state index contributed by atoms with van der Waals surface area (Å²) in [5, 5.41) is 2.61. The minimum Gasteiger partial charge on any atom is -0.399 e. The van der Waals surface area contributed by atoms with Gasteiger partial charge < -0.3 is 16.0 Å². The largest absolute Gasteiger partial charge is 0.399 e. The first kappa shape index (κ1) is 13.8. The molecule has 0 saturated carbocycles. The van der Waals surface area contributed by atoms with Crippen LogP contribution >= 0.6 is 0 Å². The molecule has 3 N–H and O–H groups in total. The molecule has 2 aromatic rings. The Kier molecular flexibility index (Phi) is 3.84. The number of amides is 1. The fourth-order valence-corrected chi connectivity index (χ4v) is 1.76. The van der Waals surface area contributed by atoms with Crippen LogP contribution in [0.25, 0.3) is 0 Å². The molecule has 0 atom stereocenters. The van der Waals surface area contributed by atoms with Crippen LogP contribution in [0, 0.1) is 5.82 Å². The fourth-order valence-electron chi connectivity index (χ4n) is 1.76. The Labute approximate surface area is 116 Å². The van der Waals surface area contributed by atoms with E-state index in [0.717, 1.165) is 11.9 Å². The van der Waals surface area contributed by atoms with Crippen LogP contribution in [0.15, 0.2) is 36.5 Å². The van der Waals surface area contributed by atoms with Gasteiger partial charge in [0.15, 0.2) is 0 Å². The van der Waals surface area contributed by atoms with Crippen LogP contribution in [0.2, 0.25) is 0 Å². The van der Waals surface area contributed by atoms with Gasteiger partial charge in [0, 0.05) is 25.5 Å². The number of hydrogen-bond acceptors (Lipinski definition) is 4. The van der Waals surface area contributed by atoms with Gasteiger partial charge >= 0.3 is 0 Å². The lowest BCUT2D eigenvalue weighted by Gasteiger charge is -2.17. The van der Waals surface area contributed by atoms with Gasteiger partial charge in [-0.25, -0.2) is 9.37 Å². The number of nitrogens with two attached hydrogens (primary N) is 1. The lowest BCUT2D eigenvalue weighted by molar-refractivity contribution is 0.102. The summed E-state index contributed by atoms with van der Waals surface area (Å²) in [5.41, 5.74) is 7.37. The molecule has 0 aliphatic heterocycles. The van der Waals surface area contributed by atoms with Crippen molar-refractivity contribution in [3.63, 3.8) is 0 Å². The van der Waals surface area contributed by atoms with Gasteiger partial charge in [0.25, 0.3) is 5.91 Å². The molecule has 0 radical (unpaired) electrons. The summed E-state index contributed by atoms with van der Waals surface area (Å²) < 4.78 is 12.8. The van der Waals surface area contributed by atoms with Gasteiger partial charge in [-0.05, 0) is 30.3 Å². The van der Waals surface area contributed by atoms with Crippen LogP contribution in [0.5, 0.6) is 0 Å².